The third kappa shape index (κ3) is 3.99. The molecule has 1 N–H and O–H groups in total. The molecule has 0 bridgehead atoms. The number of nitrogens with zero attached hydrogens (tertiary/aromatic N) is 5. The summed E-state index contributed by atoms with van der Waals surface area (Å²) in [4.78, 5) is 22.7. The minimum Gasteiger partial charge on any atom is -0.333 e. The van der Waals surface area contributed by atoms with E-state index in [0.29, 0.717) is 24.0 Å². The highest BCUT2D eigenvalue weighted by Gasteiger charge is 2.28. The average molecular weight is 359 g/mol. The minimum absolute atomic E-state index is 0. The molecule has 2 atom stereocenters. The Labute approximate surface area is 147 Å². The molecule has 1 amide bonds. The Morgan fingerprint density at radius 2 is 2.13 bits per heavy atom. The van der Waals surface area contributed by atoms with Crippen LogP contribution in [0.2, 0.25) is 0 Å². The highest BCUT2D eigenvalue weighted by Crippen LogP contribution is 2.15. The molecular weight excluding hydrogens is 339 g/mol. The number of nitrogens with one attached hydrogen (secondary N) is 1. The van der Waals surface area contributed by atoms with Crippen LogP contribution >= 0.6 is 24.8 Å². The molecular formula is C14H20Cl2N6O. The quantitative estimate of drug-likeness (QED) is 0.876. The Hall–Kier alpha value is -1.70. The second-order valence-corrected chi connectivity index (χ2v) is 5.22. The zero-order valence-electron chi connectivity index (χ0n) is 12.9. The van der Waals surface area contributed by atoms with Gasteiger partial charge in [-0.15, -0.1) is 24.8 Å². The fourth-order valence-electron chi connectivity index (χ4n) is 2.51. The van der Waals surface area contributed by atoms with E-state index in [1.165, 1.54) is 6.33 Å². The Kier molecular flexibility index (Phi) is 6.93. The van der Waals surface area contributed by atoms with Crippen molar-refractivity contribution in [3.05, 3.63) is 36.5 Å². The molecule has 3 rings (SSSR count). The van der Waals surface area contributed by atoms with Crippen LogP contribution in [-0.4, -0.2) is 55.7 Å². The molecule has 1 saturated heterocycles. The van der Waals surface area contributed by atoms with Crippen LogP contribution in [-0.2, 0) is 0 Å². The number of aromatic nitrogens is 4. The van der Waals surface area contributed by atoms with E-state index in [9.17, 15) is 4.79 Å². The van der Waals surface area contributed by atoms with E-state index in [-0.39, 0.29) is 36.8 Å². The summed E-state index contributed by atoms with van der Waals surface area (Å²) in [7, 11) is 0. The second-order valence-electron chi connectivity index (χ2n) is 5.22. The SMILES string of the molecule is CC1NCCN(C(=O)c2ccnc(-n3cncn3)c2)C1C.Cl.Cl. The summed E-state index contributed by atoms with van der Waals surface area (Å²) < 4.78 is 1.54. The normalized spacial score (nSPS) is 20.3. The number of carbonyl (C=O) groups is 1. The van der Waals surface area contributed by atoms with Crippen LogP contribution in [0.1, 0.15) is 24.2 Å². The molecule has 2 aromatic rings. The van der Waals surface area contributed by atoms with Crippen molar-refractivity contribution in [1.82, 2.24) is 30.0 Å². The summed E-state index contributed by atoms with van der Waals surface area (Å²) >= 11 is 0. The lowest BCUT2D eigenvalue weighted by Crippen LogP contribution is -2.57. The molecule has 1 fully saturated rings. The Morgan fingerprint density at radius 3 is 2.83 bits per heavy atom. The second kappa shape index (κ2) is 8.24. The molecule has 3 heterocycles. The van der Waals surface area contributed by atoms with Crippen LogP contribution in [0.25, 0.3) is 5.82 Å². The fourth-order valence-corrected chi connectivity index (χ4v) is 2.51. The summed E-state index contributed by atoms with van der Waals surface area (Å²) in [6.07, 6.45) is 4.63. The molecule has 23 heavy (non-hydrogen) atoms. The van der Waals surface area contributed by atoms with Crippen LogP contribution in [0, 0.1) is 0 Å². The van der Waals surface area contributed by atoms with E-state index >= 15 is 0 Å². The average Bonchev–Trinajstić information content (AvgIpc) is 3.04. The third-order valence-electron chi connectivity index (χ3n) is 3.94. The number of piperazine rings is 1. The monoisotopic (exact) mass is 358 g/mol. The molecule has 1 aliphatic rings. The van der Waals surface area contributed by atoms with Crippen LogP contribution in [0.4, 0.5) is 0 Å². The van der Waals surface area contributed by atoms with Crippen LogP contribution in [0.5, 0.6) is 0 Å². The summed E-state index contributed by atoms with van der Waals surface area (Å²) in [6.45, 7) is 5.69. The van der Waals surface area contributed by atoms with Gasteiger partial charge in [-0.1, -0.05) is 0 Å². The van der Waals surface area contributed by atoms with Crippen molar-refractivity contribution in [3.8, 4) is 5.82 Å². The molecule has 2 unspecified atom stereocenters. The van der Waals surface area contributed by atoms with Crippen molar-refractivity contribution in [2.24, 2.45) is 0 Å². The van der Waals surface area contributed by atoms with Crippen LogP contribution in [0.15, 0.2) is 31.0 Å². The molecule has 126 valence electrons. The van der Waals surface area contributed by atoms with Gasteiger partial charge in [0.05, 0.1) is 0 Å². The van der Waals surface area contributed by atoms with E-state index in [1.807, 2.05) is 4.90 Å². The van der Waals surface area contributed by atoms with E-state index in [1.54, 1.807) is 29.3 Å². The first kappa shape index (κ1) is 19.3. The van der Waals surface area contributed by atoms with Crippen molar-refractivity contribution >= 4 is 30.7 Å². The maximum Gasteiger partial charge on any atom is 0.254 e. The maximum atomic E-state index is 12.7. The van der Waals surface area contributed by atoms with Crippen molar-refractivity contribution in [3.63, 3.8) is 0 Å². The van der Waals surface area contributed by atoms with Gasteiger partial charge in [0.1, 0.15) is 12.7 Å². The number of hydrogen-bond donors (Lipinski definition) is 1. The lowest BCUT2D eigenvalue weighted by atomic mass is 10.1. The van der Waals surface area contributed by atoms with Gasteiger partial charge in [-0.05, 0) is 26.0 Å². The first-order valence-corrected chi connectivity index (χ1v) is 7.02. The van der Waals surface area contributed by atoms with Gasteiger partial charge in [0, 0.05) is 36.9 Å². The lowest BCUT2D eigenvalue weighted by molar-refractivity contribution is 0.0603. The first-order valence-electron chi connectivity index (χ1n) is 7.02. The van der Waals surface area contributed by atoms with Gasteiger partial charge in [0.25, 0.3) is 5.91 Å². The van der Waals surface area contributed by atoms with Crippen molar-refractivity contribution < 1.29 is 4.79 Å². The van der Waals surface area contributed by atoms with E-state index in [4.69, 9.17) is 0 Å². The summed E-state index contributed by atoms with van der Waals surface area (Å²) in [5, 5.41) is 7.41. The van der Waals surface area contributed by atoms with Gasteiger partial charge in [-0.2, -0.15) is 5.10 Å². The van der Waals surface area contributed by atoms with E-state index < -0.39 is 0 Å². The number of hydrogen-bond acceptors (Lipinski definition) is 5. The summed E-state index contributed by atoms with van der Waals surface area (Å²) in [5.41, 5.74) is 0.622. The van der Waals surface area contributed by atoms with Gasteiger partial charge in [-0.3, -0.25) is 4.79 Å². The van der Waals surface area contributed by atoms with Gasteiger partial charge < -0.3 is 10.2 Å². The standard InChI is InChI=1S/C14H18N6O.2ClH/c1-10-11(2)19(6-5-16-10)14(21)12-3-4-17-13(7-12)20-9-15-8-18-20;;/h3-4,7-11,16H,5-6H2,1-2H3;2*1H. The fraction of sp³-hybridized carbons (Fsp3) is 0.429. The predicted octanol–water partition coefficient (Wildman–Crippen LogP) is 1.33. The first-order chi connectivity index (χ1) is 10.2. The third-order valence-corrected chi connectivity index (χ3v) is 3.94. The van der Waals surface area contributed by atoms with Crippen molar-refractivity contribution in [1.29, 1.82) is 0 Å². The Bertz CT molecular complexity index is 636. The smallest absolute Gasteiger partial charge is 0.254 e. The molecule has 0 spiro atoms. The number of pyridine rings is 1. The molecule has 0 radical (unpaired) electrons. The largest absolute Gasteiger partial charge is 0.333 e. The van der Waals surface area contributed by atoms with Gasteiger partial charge >= 0.3 is 0 Å². The number of amides is 1. The lowest BCUT2D eigenvalue weighted by Gasteiger charge is -2.38. The maximum absolute atomic E-state index is 12.7. The molecule has 0 saturated carbocycles. The summed E-state index contributed by atoms with van der Waals surface area (Å²) in [5.74, 6) is 0.619. The van der Waals surface area contributed by atoms with E-state index in [2.05, 4.69) is 34.2 Å². The van der Waals surface area contributed by atoms with Crippen molar-refractivity contribution in [2.45, 2.75) is 25.9 Å². The van der Waals surface area contributed by atoms with Crippen LogP contribution < -0.4 is 5.32 Å². The molecule has 0 aliphatic carbocycles. The Morgan fingerprint density at radius 1 is 1.35 bits per heavy atom. The number of carbonyl (C=O) groups excluding carboxylic acids is 1. The van der Waals surface area contributed by atoms with Gasteiger partial charge in [0.15, 0.2) is 5.82 Å². The summed E-state index contributed by atoms with van der Waals surface area (Å²) in [6, 6.07) is 3.94. The highest BCUT2D eigenvalue weighted by molar-refractivity contribution is 5.94. The Balaban J connectivity index is 0.00000132. The van der Waals surface area contributed by atoms with Crippen molar-refractivity contribution in [2.75, 3.05) is 13.1 Å². The topological polar surface area (TPSA) is 75.9 Å². The van der Waals surface area contributed by atoms with Gasteiger partial charge in [-0.25, -0.2) is 14.6 Å². The molecule has 2 aromatic heterocycles. The minimum atomic E-state index is 0. The molecule has 1 aliphatic heterocycles. The zero-order chi connectivity index (χ0) is 14.8. The van der Waals surface area contributed by atoms with Gasteiger partial charge in [0.2, 0.25) is 0 Å². The molecule has 9 heteroatoms. The molecule has 0 aromatic carbocycles. The van der Waals surface area contributed by atoms with Crippen LogP contribution in [0.3, 0.4) is 0 Å². The number of halogens is 2. The number of rotatable bonds is 2. The highest BCUT2D eigenvalue weighted by atomic mass is 35.5. The molecule has 7 nitrogen and oxygen atoms in total. The van der Waals surface area contributed by atoms with E-state index in [0.717, 1.165) is 6.54 Å². The predicted molar refractivity (Wildman–Crippen MR) is 91.6 cm³/mol. The zero-order valence-corrected chi connectivity index (χ0v) is 14.5.